The minimum absolute atomic E-state index is 0.0545. The fourth-order valence-electron chi connectivity index (χ4n) is 3.09. The highest BCUT2D eigenvalue weighted by molar-refractivity contribution is 5.41. The van der Waals surface area contributed by atoms with Crippen LogP contribution in [-0.2, 0) is 17.7 Å². The summed E-state index contributed by atoms with van der Waals surface area (Å²) in [6.07, 6.45) is 3.18. The average Bonchev–Trinajstić information content (AvgIpc) is 2.70. The molecule has 0 saturated carbocycles. The summed E-state index contributed by atoms with van der Waals surface area (Å²) >= 11 is 0. The van der Waals surface area contributed by atoms with Crippen LogP contribution < -0.4 is 10.1 Å². The SMILES string of the molecule is CC1(NCc2ccc3c(c2)CC(C)(C)O3)CCOCC1. The molecule has 0 unspecified atom stereocenters. The van der Waals surface area contributed by atoms with E-state index in [9.17, 15) is 0 Å². The lowest BCUT2D eigenvalue weighted by molar-refractivity contribution is 0.0446. The molecule has 110 valence electrons. The Morgan fingerprint density at radius 2 is 1.90 bits per heavy atom. The van der Waals surface area contributed by atoms with Gasteiger partial charge in [-0.1, -0.05) is 12.1 Å². The maximum Gasteiger partial charge on any atom is 0.123 e. The van der Waals surface area contributed by atoms with Crippen LogP contribution in [0.25, 0.3) is 0 Å². The first-order valence-electron chi connectivity index (χ1n) is 7.59. The monoisotopic (exact) mass is 275 g/mol. The number of hydrogen-bond donors (Lipinski definition) is 1. The van der Waals surface area contributed by atoms with Gasteiger partial charge in [0.1, 0.15) is 11.4 Å². The van der Waals surface area contributed by atoms with Crippen LogP contribution in [0.3, 0.4) is 0 Å². The van der Waals surface area contributed by atoms with E-state index in [0.717, 1.165) is 44.8 Å². The van der Waals surface area contributed by atoms with Crippen molar-refractivity contribution in [1.82, 2.24) is 5.32 Å². The molecule has 0 aliphatic carbocycles. The zero-order chi connectivity index (χ0) is 14.2. The summed E-state index contributed by atoms with van der Waals surface area (Å²) in [5.41, 5.74) is 2.85. The largest absolute Gasteiger partial charge is 0.487 e. The summed E-state index contributed by atoms with van der Waals surface area (Å²) < 4.78 is 11.4. The van der Waals surface area contributed by atoms with Crippen molar-refractivity contribution < 1.29 is 9.47 Å². The van der Waals surface area contributed by atoms with Crippen LogP contribution in [0.5, 0.6) is 5.75 Å². The zero-order valence-electron chi connectivity index (χ0n) is 12.8. The lowest BCUT2D eigenvalue weighted by atomic mass is 9.92. The Kier molecular flexibility index (Phi) is 3.51. The minimum Gasteiger partial charge on any atom is -0.487 e. The molecule has 3 nitrogen and oxygen atoms in total. The number of fused-ring (bicyclic) bond motifs is 1. The number of nitrogens with one attached hydrogen (secondary N) is 1. The molecule has 3 heteroatoms. The maximum atomic E-state index is 5.93. The van der Waals surface area contributed by atoms with Crippen molar-refractivity contribution in [3.05, 3.63) is 29.3 Å². The van der Waals surface area contributed by atoms with Crippen LogP contribution in [-0.4, -0.2) is 24.4 Å². The molecule has 0 aromatic heterocycles. The predicted molar refractivity (Wildman–Crippen MR) is 80.2 cm³/mol. The molecule has 0 amide bonds. The first-order chi connectivity index (χ1) is 9.46. The standard InChI is InChI=1S/C17H25NO2/c1-16(2)11-14-10-13(4-5-15(14)20-16)12-18-17(3)6-8-19-9-7-17/h4-5,10,18H,6-9,11-12H2,1-3H3. The van der Waals surface area contributed by atoms with Gasteiger partial charge in [0, 0.05) is 31.7 Å². The lowest BCUT2D eigenvalue weighted by Crippen LogP contribution is -2.46. The second-order valence-corrected chi connectivity index (χ2v) is 7.01. The quantitative estimate of drug-likeness (QED) is 0.919. The van der Waals surface area contributed by atoms with E-state index in [0.29, 0.717) is 0 Å². The molecule has 3 rings (SSSR count). The van der Waals surface area contributed by atoms with Crippen LogP contribution in [0.2, 0.25) is 0 Å². The van der Waals surface area contributed by atoms with Gasteiger partial charge in [-0.25, -0.2) is 0 Å². The summed E-state index contributed by atoms with van der Waals surface area (Å²) in [7, 11) is 0. The van der Waals surface area contributed by atoms with Gasteiger partial charge in [-0.15, -0.1) is 0 Å². The zero-order valence-corrected chi connectivity index (χ0v) is 12.8. The second-order valence-electron chi connectivity index (χ2n) is 7.01. The summed E-state index contributed by atoms with van der Waals surface area (Å²) in [5.74, 6) is 1.05. The Balaban J connectivity index is 1.65. The van der Waals surface area contributed by atoms with Crippen molar-refractivity contribution in [2.45, 2.75) is 57.7 Å². The Bertz CT molecular complexity index is 490. The maximum absolute atomic E-state index is 5.93. The smallest absolute Gasteiger partial charge is 0.123 e. The van der Waals surface area contributed by atoms with E-state index in [2.05, 4.69) is 44.3 Å². The third-order valence-corrected chi connectivity index (χ3v) is 4.44. The number of ether oxygens (including phenoxy) is 2. The summed E-state index contributed by atoms with van der Waals surface area (Å²) in [4.78, 5) is 0. The first-order valence-corrected chi connectivity index (χ1v) is 7.59. The van der Waals surface area contributed by atoms with E-state index in [4.69, 9.17) is 9.47 Å². The summed E-state index contributed by atoms with van der Waals surface area (Å²) in [6.45, 7) is 9.26. The molecule has 0 bridgehead atoms. The molecule has 2 heterocycles. The van der Waals surface area contributed by atoms with Crippen molar-refractivity contribution in [2.75, 3.05) is 13.2 Å². The van der Waals surface area contributed by atoms with Gasteiger partial charge in [-0.2, -0.15) is 0 Å². The highest BCUT2D eigenvalue weighted by Crippen LogP contribution is 2.35. The molecule has 1 fully saturated rings. The normalized spacial score (nSPS) is 23.1. The van der Waals surface area contributed by atoms with Gasteiger partial charge in [-0.05, 0) is 50.8 Å². The van der Waals surface area contributed by atoms with Crippen molar-refractivity contribution in [3.63, 3.8) is 0 Å². The van der Waals surface area contributed by atoms with Gasteiger partial charge < -0.3 is 14.8 Å². The molecule has 0 radical (unpaired) electrons. The fraction of sp³-hybridized carbons (Fsp3) is 0.647. The van der Waals surface area contributed by atoms with E-state index in [1.54, 1.807) is 0 Å². The van der Waals surface area contributed by atoms with Crippen molar-refractivity contribution in [3.8, 4) is 5.75 Å². The van der Waals surface area contributed by atoms with Gasteiger partial charge in [0.05, 0.1) is 0 Å². The van der Waals surface area contributed by atoms with Crippen LogP contribution >= 0.6 is 0 Å². The van der Waals surface area contributed by atoms with E-state index >= 15 is 0 Å². The van der Waals surface area contributed by atoms with E-state index < -0.39 is 0 Å². The predicted octanol–water partition coefficient (Wildman–Crippen LogP) is 3.06. The van der Waals surface area contributed by atoms with E-state index in [-0.39, 0.29) is 11.1 Å². The van der Waals surface area contributed by atoms with Crippen molar-refractivity contribution >= 4 is 0 Å². The lowest BCUT2D eigenvalue weighted by Gasteiger charge is -2.34. The minimum atomic E-state index is -0.0545. The highest BCUT2D eigenvalue weighted by Gasteiger charge is 2.30. The molecule has 1 aromatic rings. The molecule has 1 aromatic carbocycles. The van der Waals surface area contributed by atoms with Gasteiger partial charge in [-0.3, -0.25) is 0 Å². The van der Waals surface area contributed by atoms with E-state index in [1.165, 1.54) is 11.1 Å². The second kappa shape index (κ2) is 5.05. The summed E-state index contributed by atoms with van der Waals surface area (Å²) in [6, 6.07) is 6.59. The van der Waals surface area contributed by atoms with Crippen LogP contribution in [0.1, 0.15) is 44.7 Å². The Morgan fingerprint density at radius 1 is 1.15 bits per heavy atom. The Labute approximate surface area is 121 Å². The van der Waals surface area contributed by atoms with E-state index in [1.807, 2.05) is 0 Å². The Morgan fingerprint density at radius 3 is 2.65 bits per heavy atom. The van der Waals surface area contributed by atoms with Gasteiger partial charge >= 0.3 is 0 Å². The molecule has 2 aliphatic heterocycles. The molecule has 0 spiro atoms. The van der Waals surface area contributed by atoms with Crippen molar-refractivity contribution in [2.24, 2.45) is 0 Å². The topological polar surface area (TPSA) is 30.5 Å². The van der Waals surface area contributed by atoms with Crippen molar-refractivity contribution in [1.29, 1.82) is 0 Å². The molecular weight excluding hydrogens is 250 g/mol. The number of benzene rings is 1. The number of hydrogen-bond acceptors (Lipinski definition) is 3. The average molecular weight is 275 g/mol. The summed E-state index contributed by atoms with van der Waals surface area (Å²) in [5, 5.41) is 3.71. The highest BCUT2D eigenvalue weighted by atomic mass is 16.5. The molecule has 1 saturated heterocycles. The van der Waals surface area contributed by atoms with Gasteiger partial charge in [0.15, 0.2) is 0 Å². The number of rotatable bonds is 3. The fourth-order valence-corrected chi connectivity index (χ4v) is 3.09. The molecule has 1 N–H and O–H groups in total. The molecule has 0 atom stereocenters. The molecular formula is C17H25NO2. The first kappa shape index (κ1) is 13.9. The molecule has 2 aliphatic rings. The van der Waals surface area contributed by atoms with Crippen LogP contribution in [0, 0.1) is 0 Å². The van der Waals surface area contributed by atoms with Crippen LogP contribution in [0.4, 0.5) is 0 Å². The van der Waals surface area contributed by atoms with Gasteiger partial charge in [0.25, 0.3) is 0 Å². The third-order valence-electron chi connectivity index (χ3n) is 4.44. The Hall–Kier alpha value is -1.06. The molecule has 20 heavy (non-hydrogen) atoms. The third kappa shape index (κ3) is 2.99. The van der Waals surface area contributed by atoms with Gasteiger partial charge in [0.2, 0.25) is 0 Å². The van der Waals surface area contributed by atoms with Crippen LogP contribution in [0.15, 0.2) is 18.2 Å².